The summed E-state index contributed by atoms with van der Waals surface area (Å²) in [6.07, 6.45) is 5.11. The van der Waals surface area contributed by atoms with Gasteiger partial charge in [0.15, 0.2) is 11.4 Å². The number of tetrazole rings is 1. The maximum Gasteiger partial charge on any atom is 0.272 e. The molecule has 1 amide bonds. The van der Waals surface area contributed by atoms with Gasteiger partial charge in [-0.2, -0.15) is 4.80 Å². The summed E-state index contributed by atoms with van der Waals surface area (Å²) in [7, 11) is 0. The maximum absolute atomic E-state index is 13.5. The number of oxazole rings is 1. The van der Waals surface area contributed by atoms with E-state index in [0.29, 0.717) is 41.6 Å². The number of benzene rings is 2. The Morgan fingerprint density at radius 1 is 1.02 bits per heavy atom. The number of amides is 1. The number of aryl methyl sites for hydroxylation is 1. The van der Waals surface area contributed by atoms with Crippen molar-refractivity contribution in [3.05, 3.63) is 95.5 Å². The second kappa shape index (κ2) is 10.7. The average molecular weight is 563 g/mol. The molecule has 0 unspecified atom stereocenters. The molecule has 0 saturated carbocycles. The van der Waals surface area contributed by atoms with Crippen LogP contribution in [0.4, 0.5) is 0 Å². The van der Waals surface area contributed by atoms with Gasteiger partial charge in [-0.3, -0.25) is 9.78 Å². The van der Waals surface area contributed by atoms with Crippen molar-refractivity contribution >= 4 is 28.5 Å². The first-order chi connectivity index (χ1) is 20.1. The molecule has 0 N–H and O–H groups in total. The normalized spacial score (nSPS) is 14.9. The van der Waals surface area contributed by atoms with Crippen LogP contribution in [-0.4, -0.2) is 58.4 Å². The third-order valence-electron chi connectivity index (χ3n) is 7.57. The molecule has 1 atom stereocenters. The highest BCUT2D eigenvalue weighted by Gasteiger charge is 2.32. The number of hydrogen-bond donors (Lipinski definition) is 0. The molecule has 1 fully saturated rings. The summed E-state index contributed by atoms with van der Waals surface area (Å²) in [5, 5.41) is 14.9. The Morgan fingerprint density at radius 3 is 2.63 bits per heavy atom. The van der Waals surface area contributed by atoms with Gasteiger partial charge < -0.3 is 9.32 Å². The Kier molecular flexibility index (Phi) is 6.56. The molecular formula is C30H26N8O2S. The zero-order valence-corrected chi connectivity index (χ0v) is 23.1. The van der Waals surface area contributed by atoms with Crippen molar-refractivity contribution in [3.63, 3.8) is 0 Å². The van der Waals surface area contributed by atoms with Gasteiger partial charge in [-0.15, -0.1) is 10.2 Å². The SMILES string of the molecule is Cc1nnn([C@H](c2ccccc2)C2CCN(C(=O)c3cc(-c4nc5cc(-c6cnsc6)ccc5o4)ccn3)CC2)n1. The molecule has 0 aliphatic carbocycles. The predicted octanol–water partition coefficient (Wildman–Crippen LogP) is 5.45. The number of hydrogen-bond acceptors (Lipinski definition) is 9. The van der Waals surface area contributed by atoms with Gasteiger partial charge in [-0.25, -0.2) is 9.36 Å². The standard InChI is InChI=1S/C30H26N8O2S/c1-19-34-36-38(35-19)28(20-5-3-2-4-6-20)21-10-13-37(14-11-21)30(39)26-16-23(9-12-31-26)29-33-25-15-22(7-8-27(25)40-29)24-17-32-41-18-24/h2-9,12,15-18,21,28H,10-11,13-14H2,1H3/t28-/m1/s1. The number of likely N-dealkylation sites (tertiary alicyclic amines) is 1. The molecule has 10 nitrogen and oxygen atoms in total. The Morgan fingerprint density at radius 2 is 1.88 bits per heavy atom. The smallest absolute Gasteiger partial charge is 0.272 e. The van der Waals surface area contributed by atoms with Crippen LogP contribution in [0.5, 0.6) is 0 Å². The number of rotatable bonds is 6. The number of aromatic nitrogens is 7. The van der Waals surface area contributed by atoms with Crippen LogP contribution in [0.15, 0.2) is 82.9 Å². The lowest BCUT2D eigenvalue weighted by molar-refractivity contribution is 0.0658. The third-order valence-corrected chi connectivity index (χ3v) is 8.16. The lowest BCUT2D eigenvalue weighted by atomic mass is 9.85. The summed E-state index contributed by atoms with van der Waals surface area (Å²) in [5.41, 5.74) is 5.74. The Hall–Kier alpha value is -4.77. The molecule has 0 spiro atoms. The molecule has 1 saturated heterocycles. The molecule has 5 heterocycles. The fourth-order valence-corrected chi connectivity index (χ4v) is 6.05. The number of fused-ring (bicyclic) bond motifs is 1. The van der Waals surface area contributed by atoms with Crippen LogP contribution in [0.3, 0.4) is 0 Å². The van der Waals surface area contributed by atoms with Crippen molar-refractivity contribution in [1.29, 1.82) is 0 Å². The summed E-state index contributed by atoms with van der Waals surface area (Å²) in [4.78, 5) is 26.2. The molecular weight excluding hydrogens is 536 g/mol. The van der Waals surface area contributed by atoms with Gasteiger partial charge in [0.2, 0.25) is 5.89 Å². The number of nitrogens with zero attached hydrogens (tertiary/aromatic N) is 8. The minimum Gasteiger partial charge on any atom is -0.436 e. The van der Waals surface area contributed by atoms with Gasteiger partial charge in [0, 0.05) is 42.0 Å². The third kappa shape index (κ3) is 5.00. The predicted molar refractivity (Wildman–Crippen MR) is 154 cm³/mol. The highest BCUT2D eigenvalue weighted by atomic mass is 32.1. The minimum absolute atomic E-state index is 0.0354. The van der Waals surface area contributed by atoms with E-state index in [1.54, 1.807) is 17.1 Å². The van der Waals surface area contributed by atoms with Crippen molar-refractivity contribution in [1.82, 2.24) is 39.4 Å². The van der Waals surface area contributed by atoms with E-state index < -0.39 is 0 Å². The van der Waals surface area contributed by atoms with E-state index in [1.807, 2.05) is 65.9 Å². The van der Waals surface area contributed by atoms with E-state index in [9.17, 15) is 4.79 Å². The average Bonchev–Trinajstić information content (AvgIpc) is 3.79. The first-order valence-corrected chi connectivity index (χ1v) is 14.3. The van der Waals surface area contributed by atoms with Gasteiger partial charge >= 0.3 is 0 Å². The van der Waals surface area contributed by atoms with Gasteiger partial charge in [-0.1, -0.05) is 36.4 Å². The topological polar surface area (TPSA) is 116 Å². The van der Waals surface area contributed by atoms with Crippen LogP contribution >= 0.6 is 11.5 Å². The van der Waals surface area contributed by atoms with Gasteiger partial charge in [0.05, 0.1) is 0 Å². The first-order valence-electron chi connectivity index (χ1n) is 13.5. The molecule has 0 radical (unpaired) electrons. The zero-order valence-electron chi connectivity index (χ0n) is 22.3. The molecule has 4 aromatic heterocycles. The lowest BCUT2D eigenvalue weighted by Crippen LogP contribution is -2.41. The maximum atomic E-state index is 13.5. The van der Waals surface area contributed by atoms with Crippen molar-refractivity contribution in [3.8, 4) is 22.6 Å². The van der Waals surface area contributed by atoms with Crippen LogP contribution < -0.4 is 0 Å². The zero-order chi connectivity index (χ0) is 27.8. The summed E-state index contributed by atoms with van der Waals surface area (Å²) < 4.78 is 10.2. The van der Waals surface area contributed by atoms with Crippen molar-refractivity contribution in [2.24, 2.45) is 5.92 Å². The lowest BCUT2D eigenvalue weighted by Gasteiger charge is -2.35. The van der Waals surface area contributed by atoms with Gasteiger partial charge in [0.25, 0.3) is 5.91 Å². The summed E-state index contributed by atoms with van der Waals surface area (Å²) in [5.74, 6) is 1.27. The van der Waals surface area contributed by atoms with Crippen LogP contribution in [0.1, 0.15) is 40.8 Å². The van der Waals surface area contributed by atoms with Crippen molar-refractivity contribution in [2.75, 3.05) is 13.1 Å². The molecule has 0 bridgehead atoms. The van der Waals surface area contributed by atoms with Crippen molar-refractivity contribution in [2.45, 2.75) is 25.8 Å². The van der Waals surface area contributed by atoms with Gasteiger partial charge in [-0.05, 0) is 77.8 Å². The van der Waals surface area contributed by atoms with Crippen LogP contribution in [0.25, 0.3) is 33.7 Å². The minimum atomic E-state index is -0.0976. The molecule has 1 aliphatic heterocycles. The van der Waals surface area contributed by atoms with Gasteiger partial charge in [0.1, 0.15) is 17.3 Å². The van der Waals surface area contributed by atoms with E-state index in [2.05, 4.69) is 36.9 Å². The Bertz CT molecular complexity index is 1810. The Balaban J connectivity index is 1.08. The highest BCUT2D eigenvalue weighted by molar-refractivity contribution is 7.03. The summed E-state index contributed by atoms with van der Waals surface area (Å²) >= 11 is 1.41. The number of piperidine rings is 1. The fraction of sp³-hybridized carbons (Fsp3) is 0.233. The van der Waals surface area contributed by atoms with Crippen LogP contribution in [0.2, 0.25) is 0 Å². The van der Waals surface area contributed by atoms with E-state index in [-0.39, 0.29) is 17.9 Å². The number of pyridine rings is 1. The molecule has 41 heavy (non-hydrogen) atoms. The molecule has 204 valence electrons. The van der Waals surface area contributed by atoms with Crippen LogP contribution in [0, 0.1) is 12.8 Å². The molecule has 7 rings (SSSR count). The second-order valence-electron chi connectivity index (χ2n) is 10.2. The highest BCUT2D eigenvalue weighted by Crippen LogP contribution is 2.34. The molecule has 11 heteroatoms. The Labute approximate surface area is 239 Å². The number of carbonyl (C=O) groups is 1. The van der Waals surface area contributed by atoms with Crippen molar-refractivity contribution < 1.29 is 9.21 Å². The van der Waals surface area contributed by atoms with E-state index in [0.717, 1.165) is 35.0 Å². The van der Waals surface area contributed by atoms with E-state index >= 15 is 0 Å². The van der Waals surface area contributed by atoms with E-state index in [4.69, 9.17) is 9.40 Å². The molecule has 2 aromatic carbocycles. The second-order valence-corrected chi connectivity index (χ2v) is 10.8. The fourth-order valence-electron chi connectivity index (χ4n) is 5.50. The largest absolute Gasteiger partial charge is 0.436 e. The summed E-state index contributed by atoms with van der Waals surface area (Å²) in [6.45, 7) is 3.08. The first kappa shape index (κ1) is 25.2. The quantitative estimate of drug-likeness (QED) is 0.263. The number of carbonyl (C=O) groups excluding carboxylic acids is 1. The van der Waals surface area contributed by atoms with Crippen LogP contribution in [-0.2, 0) is 0 Å². The summed E-state index contributed by atoms with van der Waals surface area (Å²) in [6, 6.07) is 19.7. The molecule has 6 aromatic rings. The monoisotopic (exact) mass is 562 g/mol. The molecule has 1 aliphatic rings. The van der Waals surface area contributed by atoms with E-state index in [1.165, 1.54) is 11.5 Å².